The molecule has 1 N–H and O–H groups in total. The van der Waals surface area contributed by atoms with Crippen LogP contribution in [0.5, 0.6) is 0 Å². The summed E-state index contributed by atoms with van der Waals surface area (Å²) in [6, 6.07) is 0. The van der Waals surface area contributed by atoms with Crippen LogP contribution in [0.1, 0.15) is 25.7 Å². The highest BCUT2D eigenvalue weighted by atomic mass is 32.2. The Balaban J connectivity index is 2.05. The second-order valence-corrected chi connectivity index (χ2v) is 5.02. The van der Waals surface area contributed by atoms with Crippen molar-refractivity contribution >= 4 is 17.7 Å². The van der Waals surface area contributed by atoms with E-state index < -0.39 is 0 Å². The predicted molar refractivity (Wildman–Crippen MR) is 59.6 cm³/mol. The van der Waals surface area contributed by atoms with Crippen molar-refractivity contribution in [2.24, 2.45) is 0 Å². The van der Waals surface area contributed by atoms with Gasteiger partial charge in [-0.3, -0.25) is 4.79 Å². The molecule has 14 heavy (non-hydrogen) atoms. The number of esters is 1. The minimum Gasteiger partial charge on any atom is -0.469 e. The van der Waals surface area contributed by atoms with Gasteiger partial charge in [0.15, 0.2) is 0 Å². The maximum Gasteiger partial charge on any atom is 0.306 e. The Bertz CT molecular complexity index is 187. The fourth-order valence-corrected chi connectivity index (χ4v) is 2.58. The van der Waals surface area contributed by atoms with Crippen LogP contribution in [0.3, 0.4) is 0 Å². The molecule has 3 nitrogen and oxygen atoms in total. The summed E-state index contributed by atoms with van der Waals surface area (Å²) in [5.74, 6) is -0.135. The van der Waals surface area contributed by atoms with Gasteiger partial charge in [0.2, 0.25) is 0 Å². The molecule has 1 rings (SSSR count). The zero-order valence-electron chi connectivity index (χ0n) is 8.97. The number of hydrogen-bond acceptors (Lipinski definition) is 4. The zero-order chi connectivity index (χ0) is 10.4. The van der Waals surface area contributed by atoms with Crippen LogP contribution in [-0.2, 0) is 9.53 Å². The number of nitrogens with one attached hydrogen (secondary N) is 1. The van der Waals surface area contributed by atoms with Crippen molar-refractivity contribution in [2.75, 3.05) is 26.5 Å². The van der Waals surface area contributed by atoms with Gasteiger partial charge in [-0.25, -0.2) is 0 Å². The summed E-state index contributed by atoms with van der Waals surface area (Å²) in [6.07, 6.45) is 6.60. The maximum absolute atomic E-state index is 10.8. The van der Waals surface area contributed by atoms with Crippen LogP contribution >= 0.6 is 11.8 Å². The number of carbonyl (C=O) groups excluding carboxylic acids is 1. The molecule has 82 valence electrons. The summed E-state index contributed by atoms with van der Waals surface area (Å²) in [4.78, 5) is 10.8. The molecule has 0 aliphatic heterocycles. The SMILES string of the molecule is COC(=O)CCNCC1(SC)CCC1. The largest absolute Gasteiger partial charge is 0.469 e. The highest BCUT2D eigenvalue weighted by Gasteiger charge is 2.35. The molecule has 0 aromatic carbocycles. The fraction of sp³-hybridized carbons (Fsp3) is 0.900. The minimum absolute atomic E-state index is 0.135. The van der Waals surface area contributed by atoms with Gasteiger partial charge in [-0.1, -0.05) is 6.42 Å². The quantitative estimate of drug-likeness (QED) is 0.539. The second-order valence-electron chi connectivity index (χ2n) is 3.74. The third-order valence-electron chi connectivity index (χ3n) is 2.88. The maximum atomic E-state index is 10.8. The van der Waals surface area contributed by atoms with E-state index in [0.29, 0.717) is 11.2 Å². The van der Waals surface area contributed by atoms with Gasteiger partial charge >= 0.3 is 5.97 Å². The molecule has 4 heteroatoms. The number of ether oxygens (including phenoxy) is 1. The Morgan fingerprint density at radius 1 is 1.57 bits per heavy atom. The molecule has 0 atom stereocenters. The third-order valence-corrected chi connectivity index (χ3v) is 4.30. The predicted octanol–water partition coefficient (Wildman–Crippen LogP) is 1.42. The minimum atomic E-state index is -0.135. The van der Waals surface area contributed by atoms with Crippen molar-refractivity contribution < 1.29 is 9.53 Å². The highest BCUT2D eigenvalue weighted by molar-refractivity contribution is 8.00. The molecule has 0 spiro atoms. The van der Waals surface area contributed by atoms with Crippen molar-refractivity contribution in [1.82, 2.24) is 5.32 Å². The van der Waals surface area contributed by atoms with Crippen molar-refractivity contribution in [3.8, 4) is 0 Å². The van der Waals surface area contributed by atoms with Gasteiger partial charge in [-0.15, -0.1) is 0 Å². The number of thioether (sulfide) groups is 1. The lowest BCUT2D eigenvalue weighted by molar-refractivity contribution is -0.140. The van der Waals surface area contributed by atoms with Crippen LogP contribution in [0.4, 0.5) is 0 Å². The number of methoxy groups -OCH3 is 1. The molecular formula is C10H19NO2S. The molecule has 1 fully saturated rings. The fourth-order valence-electron chi connectivity index (χ4n) is 1.63. The van der Waals surface area contributed by atoms with Crippen LogP contribution in [0.25, 0.3) is 0 Å². The standard InChI is InChI=1S/C10H19NO2S/c1-13-9(12)4-7-11-8-10(14-2)5-3-6-10/h11H,3-8H2,1-2H3. The van der Waals surface area contributed by atoms with Gasteiger partial charge in [-0.2, -0.15) is 11.8 Å². The lowest BCUT2D eigenvalue weighted by atomic mass is 9.84. The Kier molecular flexibility index (Phi) is 4.75. The number of hydrogen-bond donors (Lipinski definition) is 1. The molecule has 1 aliphatic carbocycles. The van der Waals surface area contributed by atoms with Crippen LogP contribution < -0.4 is 5.32 Å². The van der Waals surface area contributed by atoms with Gasteiger partial charge in [0.25, 0.3) is 0 Å². The van der Waals surface area contributed by atoms with Crippen molar-refractivity contribution in [3.63, 3.8) is 0 Å². The molecule has 0 unspecified atom stereocenters. The van der Waals surface area contributed by atoms with Gasteiger partial charge in [0.1, 0.15) is 0 Å². The van der Waals surface area contributed by atoms with E-state index >= 15 is 0 Å². The number of carbonyl (C=O) groups is 1. The molecule has 1 saturated carbocycles. The first kappa shape index (κ1) is 11.9. The first-order valence-electron chi connectivity index (χ1n) is 5.05. The van der Waals surface area contributed by atoms with E-state index in [1.165, 1.54) is 26.4 Å². The summed E-state index contributed by atoms with van der Waals surface area (Å²) in [5.41, 5.74) is 0. The van der Waals surface area contributed by atoms with Crippen molar-refractivity contribution in [3.05, 3.63) is 0 Å². The van der Waals surface area contributed by atoms with Gasteiger partial charge in [0, 0.05) is 17.8 Å². The summed E-state index contributed by atoms with van der Waals surface area (Å²) >= 11 is 1.94. The molecule has 0 aromatic rings. The molecule has 0 heterocycles. The lowest BCUT2D eigenvalue weighted by Gasteiger charge is -2.40. The van der Waals surface area contributed by atoms with Gasteiger partial charge < -0.3 is 10.1 Å². The monoisotopic (exact) mass is 217 g/mol. The summed E-state index contributed by atoms with van der Waals surface area (Å²) in [6.45, 7) is 1.75. The Labute approximate surface area is 90.0 Å². The molecular weight excluding hydrogens is 198 g/mol. The topological polar surface area (TPSA) is 38.3 Å². The molecule has 0 amide bonds. The molecule has 0 bridgehead atoms. The van der Waals surface area contributed by atoms with Gasteiger partial charge in [-0.05, 0) is 19.1 Å². The summed E-state index contributed by atoms with van der Waals surface area (Å²) < 4.78 is 5.02. The van der Waals surface area contributed by atoms with Crippen molar-refractivity contribution in [1.29, 1.82) is 0 Å². The molecule has 1 aliphatic rings. The molecule has 0 aromatic heterocycles. The van der Waals surface area contributed by atoms with E-state index in [9.17, 15) is 4.79 Å². The first-order chi connectivity index (χ1) is 6.72. The van der Waals surface area contributed by atoms with E-state index in [4.69, 9.17) is 0 Å². The molecule has 0 saturated heterocycles. The number of rotatable bonds is 6. The van der Waals surface area contributed by atoms with E-state index in [-0.39, 0.29) is 5.97 Å². The van der Waals surface area contributed by atoms with E-state index in [0.717, 1.165) is 13.1 Å². The summed E-state index contributed by atoms with van der Waals surface area (Å²) in [7, 11) is 1.43. The van der Waals surface area contributed by atoms with E-state index in [1.807, 2.05) is 11.8 Å². The Morgan fingerprint density at radius 3 is 2.71 bits per heavy atom. The Hall–Kier alpha value is -0.220. The third kappa shape index (κ3) is 3.17. The molecule has 0 radical (unpaired) electrons. The average molecular weight is 217 g/mol. The van der Waals surface area contributed by atoms with Gasteiger partial charge in [0.05, 0.1) is 13.5 Å². The van der Waals surface area contributed by atoms with E-state index in [1.54, 1.807) is 0 Å². The van der Waals surface area contributed by atoms with Crippen molar-refractivity contribution in [2.45, 2.75) is 30.4 Å². The Morgan fingerprint density at radius 2 is 2.29 bits per heavy atom. The average Bonchev–Trinajstić information content (AvgIpc) is 2.15. The summed E-state index contributed by atoms with van der Waals surface area (Å²) in [5, 5.41) is 3.32. The second kappa shape index (κ2) is 5.61. The van der Waals surface area contributed by atoms with Crippen LogP contribution in [0, 0.1) is 0 Å². The first-order valence-corrected chi connectivity index (χ1v) is 6.27. The zero-order valence-corrected chi connectivity index (χ0v) is 9.78. The lowest BCUT2D eigenvalue weighted by Crippen LogP contribution is -2.43. The highest BCUT2D eigenvalue weighted by Crippen LogP contribution is 2.42. The van der Waals surface area contributed by atoms with Crippen LogP contribution in [0.2, 0.25) is 0 Å². The normalized spacial score (nSPS) is 18.7. The van der Waals surface area contributed by atoms with Crippen LogP contribution in [-0.4, -0.2) is 37.2 Å². The van der Waals surface area contributed by atoms with Crippen LogP contribution in [0.15, 0.2) is 0 Å². The smallest absolute Gasteiger partial charge is 0.306 e. The van der Waals surface area contributed by atoms with E-state index in [2.05, 4.69) is 16.3 Å².